The smallest absolute Gasteiger partial charge is 0.163 e. The van der Waals surface area contributed by atoms with Crippen molar-refractivity contribution in [2.24, 2.45) is 11.8 Å². The van der Waals surface area contributed by atoms with Crippen molar-refractivity contribution in [2.75, 3.05) is 19.6 Å². The normalized spacial score (nSPS) is 24.2. The molecule has 1 atom stereocenters. The Morgan fingerprint density at radius 3 is 2.56 bits per heavy atom. The SMILES string of the molecule is O=C(CC1CN2CCC1CC2)c1ccc2nc(-c3ccccc3)ccc2c1. The summed E-state index contributed by atoms with van der Waals surface area (Å²) in [6.07, 6.45) is 3.21. The third kappa shape index (κ3) is 3.28. The minimum absolute atomic E-state index is 0.280. The van der Waals surface area contributed by atoms with E-state index in [9.17, 15) is 4.79 Å². The van der Waals surface area contributed by atoms with Crippen LogP contribution in [-0.2, 0) is 0 Å². The molecule has 136 valence electrons. The number of hydrogen-bond acceptors (Lipinski definition) is 3. The molecule has 3 nitrogen and oxygen atoms in total. The van der Waals surface area contributed by atoms with E-state index in [2.05, 4.69) is 23.1 Å². The first-order valence-corrected chi connectivity index (χ1v) is 9.98. The van der Waals surface area contributed by atoms with Gasteiger partial charge in [-0.3, -0.25) is 4.79 Å². The lowest BCUT2D eigenvalue weighted by molar-refractivity contribution is 0.0441. The van der Waals surface area contributed by atoms with Gasteiger partial charge >= 0.3 is 0 Å². The third-order valence-corrected chi connectivity index (χ3v) is 6.32. The Labute approximate surface area is 160 Å². The number of fused-ring (bicyclic) bond motifs is 4. The molecule has 1 aromatic heterocycles. The molecule has 0 aliphatic carbocycles. The monoisotopic (exact) mass is 356 g/mol. The van der Waals surface area contributed by atoms with Gasteiger partial charge in [-0.05, 0) is 62.0 Å². The fourth-order valence-electron chi connectivity index (χ4n) is 4.74. The van der Waals surface area contributed by atoms with E-state index in [0.29, 0.717) is 12.3 Å². The number of carbonyl (C=O) groups is 1. The van der Waals surface area contributed by atoms with Crippen molar-refractivity contribution in [3.8, 4) is 11.3 Å². The van der Waals surface area contributed by atoms with Crippen LogP contribution >= 0.6 is 0 Å². The lowest BCUT2D eigenvalue weighted by atomic mass is 9.76. The predicted octanol–water partition coefficient (Wildman–Crippen LogP) is 4.82. The molecule has 0 radical (unpaired) electrons. The summed E-state index contributed by atoms with van der Waals surface area (Å²) < 4.78 is 0. The fourth-order valence-corrected chi connectivity index (χ4v) is 4.74. The quantitative estimate of drug-likeness (QED) is 0.629. The number of pyridine rings is 1. The first-order chi connectivity index (χ1) is 13.3. The molecular formula is C24H24N2O. The van der Waals surface area contributed by atoms with Gasteiger partial charge in [0.15, 0.2) is 5.78 Å². The van der Waals surface area contributed by atoms with Crippen molar-refractivity contribution in [1.29, 1.82) is 0 Å². The molecule has 2 bridgehead atoms. The van der Waals surface area contributed by atoms with Gasteiger partial charge < -0.3 is 4.90 Å². The van der Waals surface area contributed by atoms with E-state index in [0.717, 1.165) is 40.2 Å². The highest BCUT2D eigenvalue weighted by atomic mass is 16.1. The number of Topliss-reactive ketones (excluding diaryl/α,β-unsaturated/α-hetero) is 1. The minimum atomic E-state index is 0.280. The predicted molar refractivity (Wildman–Crippen MR) is 109 cm³/mol. The Morgan fingerprint density at radius 2 is 1.81 bits per heavy atom. The largest absolute Gasteiger partial charge is 0.303 e. The zero-order valence-corrected chi connectivity index (χ0v) is 15.5. The molecule has 0 N–H and O–H groups in total. The number of hydrogen-bond donors (Lipinski definition) is 0. The van der Waals surface area contributed by atoms with Gasteiger partial charge in [0.1, 0.15) is 0 Å². The molecule has 0 amide bonds. The van der Waals surface area contributed by atoms with Crippen LogP contribution in [0.15, 0.2) is 60.7 Å². The van der Waals surface area contributed by atoms with Crippen LogP contribution in [-0.4, -0.2) is 35.3 Å². The average molecular weight is 356 g/mol. The van der Waals surface area contributed by atoms with Crippen molar-refractivity contribution in [1.82, 2.24) is 9.88 Å². The summed E-state index contributed by atoms with van der Waals surface area (Å²) in [6.45, 7) is 3.55. The topological polar surface area (TPSA) is 33.2 Å². The molecule has 3 aliphatic heterocycles. The third-order valence-electron chi connectivity index (χ3n) is 6.32. The van der Waals surface area contributed by atoms with Crippen molar-refractivity contribution in [3.05, 3.63) is 66.2 Å². The molecule has 1 unspecified atom stereocenters. The molecule has 3 aliphatic rings. The first kappa shape index (κ1) is 16.6. The molecule has 3 heteroatoms. The second-order valence-electron chi connectivity index (χ2n) is 8.00. The van der Waals surface area contributed by atoms with Crippen LogP contribution < -0.4 is 0 Å². The zero-order chi connectivity index (χ0) is 18.2. The Hall–Kier alpha value is -2.52. The van der Waals surface area contributed by atoms with Crippen LogP contribution in [0.4, 0.5) is 0 Å². The standard InChI is InChI=1S/C24H24N2O/c27-24(15-21-16-26-12-10-17(21)11-13-26)20-7-9-23-19(14-20)6-8-22(25-23)18-4-2-1-3-5-18/h1-9,14,17,21H,10-13,15-16H2. The lowest BCUT2D eigenvalue weighted by Crippen LogP contribution is -2.47. The number of carbonyl (C=O) groups excluding carboxylic acids is 1. The van der Waals surface area contributed by atoms with Gasteiger partial charge in [-0.25, -0.2) is 4.98 Å². The Morgan fingerprint density at radius 1 is 1.00 bits per heavy atom. The Balaban J connectivity index is 1.37. The van der Waals surface area contributed by atoms with Crippen LogP contribution in [0.5, 0.6) is 0 Å². The molecule has 0 saturated carbocycles. The maximum Gasteiger partial charge on any atom is 0.163 e. The van der Waals surface area contributed by atoms with Crippen molar-refractivity contribution < 1.29 is 4.79 Å². The summed E-state index contributed by atoms with van der Waals surface area (Å²) >= 11 is 0. The van der Waals surface area contributed by atoms with Crippen LogP contribution in [0.25, 0.3) is 22.2 Å². The Kier molecular flexibility index (Phi) is 4.25. The van der Waals surface area contributed by atoms with Gasteiger partial charge in [-0.2, -0.15) is 0 Å². The molecule has 3 saturated heterocycles. The van der Waals surface area contributed by atoms with Gasteiger partial charge in [-0.1, -0.05) is 36.4 Å². The van der Waals surface area contributed by atoms with Crippen LogP contribution in [0.2, 0.25) is 0 Å². The van der Waals surface area contributed by atoms with Crippen molar-refractivity contribution in [2.45, 2.75) is 19.3 Å². The number of rotatable bonds is 4. The number of aromatic nitrogens is 1. The number of ketones is 1. The van der Waals surface area contributed by atoms with Gasteiger partial charge in [0.2, 0.25) is 0 Å². The van der Waals surface area contributed by atoms with E-state index in [-0.39, 0.29) is 5.78 Å². The van der Waals surface area contributed by atoms with Gasteiger partial charge in [-0.15, -0.1) is 0 Å². The summed E-state index contributed by atoms with van der Waals surface area (Å²) in [5.41, 5.74) is 3.85. The molecular weight excluding hydrogens is 332 g/mol. The first-order valence-electron chi connectivity index (χ1n) is 9.98. The number of nitrogens with zero attached hydrogens (tertiary/aromatic N) is 2. The highest BCUT2D eigenvalue weighted by Gasteiger charge is 2.35. The van der Waals surface area contributed by atoms with Gasteiger partial charge in [0, 0.05) is 29.5 Å². The summed E-state index contributed by atoms with van der Waals surface area (Å²) in [7, 11) is 0. The van der Waals surface area contributed by atoms with Crippen molar-refractivity contribution >= 4 is 16.7 Å². The highest BCUT2D eigenvalue weighted by molar-refractivity contribution is 5.99. The molecule has 6 rings (SSSR count). The van der Waals surface area contributed by atoms with Gasteiger partial charge in [0.05, 0.1) is 11.2 Å². The Bertz CT molecular complexity index is 974. The summed E-state index contributed by atoms with van der Waals surface area (Å²) in [6, 6.07) is 20.3. The van der Waals surface area contributed by atoms with E-state index < -0.39 is 0 Å². The molecule has 27 heavy (non-hydrogen) atoms. The van der Waals surface area contributed by atoms with Crippen molar-refractivity contribution in [3.63, 3.8) is 0 Å². The van der Waals surface area contributed by atoms with E-state index in [1.807, 2.05) is 42.5 Å². The van der Waals surface area contributed by atoms with E-state index >= 15 is 0 Å². The number of benzene rings is 2. The molecule has 3 aromatic rings. The molecule has 4 heterocycles. The second-order valence-corrected chi connectivity index (χ2v) is 8.00. The zero-order valence-electron chi connectivity index (χ0n) is 15.5. The minimum Gasteiger partial charge on any atom is -0.303 e. The van der Waals surface area contributed by atoms with E-state index in [1.54, 1.807) is 0 Å². The average Bonchev–Trinajstić information content (AvgIpc) is 2.74. The van der Waals surface area contributed by atoms with Crippen LogP contribution in [0.1, 0.15) is 29.6 Å². The summed E-state index contributed by atoms with van der Waals surface area (Å²) in [5, 5.41) is 1.04. The van der Waals surface area contributed by atoms with E-state index in [1.165, 1.54) is 25.9 Å². The van der Waals surface area contributed by atoms with E-state index in [4.69, 9.17) is 4.98 Å². The van der Waals surface area contributed by atoms with Crippen LogP contribution in [0, 0.1) is 11.8 Å². The molecule has 3 fully saturated rings. The van der Waals surface area contributed by atoms with Gasteiger partial charge in [0.25, 0.3) is 0 Å². The maximum atomic E-state index is 12.9. The summed E-state index contributed by atoms with van der Waals surface area (Å²) in [5.74, 6) is 1.56. The fraction of sp³-hybridized carbons (Fsp3) is 0.333. The van der Waals surface area contributed by atoms with Crippen LogP contribution in [0.3, 0.4) is 0 Å². The lowest BCUT2D eigenvalue weighted by Gasteiger charge is -2.44. The highest BCUT2D eigenvalue weighted by Crippen LogP contribution is 2.35. The summed E-state index contributed by atoms with van der Waals surface area (Å²) in [4.78, 5) is 20.2. The number of piperidine rings is 3. The molecule has 2 aromatic carbocycles. The maximum absolute atomic E-state index is 12.9. The second kappa shape index (κ2) is 6.90. The molecule has 0 spiro atoms.